The molecule has 1 aliphatic heterocycles. The number of nitrogens with zero attached hydrogens (tertiary/aromatic N) is 2. The van der Waals surface area contributed by atoms with Crippen LogP contribution in [-0.2, 0) is 30.3 Å². The van der Waals surface area contributed by atoms with Gasteiger partial charge in [0.1, 0.15) is 6.54 Å². The molecule has 4 aliphatic carbocycles. The summed E-state index contributed by atoms with van der Waals surface area (Å²) in [6.45, 7) is 0.667. The normalized spacial score (nSPS) is 28.3. The van der Waals surface area contributed by atoms with Gasteiger partial charge in [-0.05, 0) is 116 Å². The van der Waals surface area contributed by atoms with Gasteiger partial charge >= 0.3 is 0 Å². The van der Waals surface area contributed by atoms with Gasteiger partial charge in [0.2, 0.25) is 26.0 Å². The van der Waals surface area contributed by atoms with Crippen molar-refractivity contribution in [1.29, 1.82) is 0 Å². The largest absolute Gasteiger partial charge is 0.325 e. The molecule has 4 bridgehead atoms. The maximum Gasteiger partial charge on any atom is 0.245 e. The van der Waals surface area contributed by atoms with E-state index in [1.807, 2.05) is 12.1 Å². The van der Waals surface area contributed by atoms with Crippen molar-refractivity contribution in [1.82, 2.24) is 4.31 Å². The summed E-state index contributed by atoms with van der Waals surface area (Å²) >= 11 is 0. The fourth-order valence-electron chi connectivity index (χ4n) is 8.32. The van der Waals surface area contributed by atoms with Crippen molar-refractivity contribution in [3.05, 3.63) is 54.1 Å². The van der Waals surface area contributed by atoms with Crippen LogP contribution in [0.2, 0.25) is 0 Å². The molecule has 0 spiro atoms. The van der Waals surface area contributed by atoms with Crippen molar-refractivity contribution < 1.29 is 21.6 Å². The van der Waals surface area contributed by atoms with E-state index in [-0.39, 0.29) is 16.9 Å². The van der Waals surface area contributed by atoms with E-state index in [9.17, 15) is 21.6 Å². The summed E-state index contributed by atoms with van der Waals surface area (Å²) in [5.41, 5.74) is 2.40. The average Bonchev–Trinajstić information content (AvgIpc) is 3.21. The monoisotopic (exact) mass is 599 g/mol. The Hall–Kier alpha value is -2.43. The zero-order chi connectivity index (χ0) is 28.8. The molecule has 5 fully saturated rings. The second-order valence-corrected chi connectivity index (χ2v) is 16.7. The summed E-state index contributed by atoms with van der Waals surface area (Å²) in [7, 11) is -7.31. The van der Waals surface area contributed by atoms with Gasteiger partial charge in [-0.25, -0.2) is 16.8 Å². The molecule has 8 nitrogen and oxygen atoms in total. The summed E-state index contributed by atoms with van der Waals surface area (Å²) in [6, 6.07) is 13.9. The molecule has 1 saturated heterocycles. The lowest BCUT2D eigenvalue weighted by Crippen LogP contribution is -2.48. The van der Waals surface area contributed by atoms with E-state index in [1.165, 1.54) is 60.5 Å². The Morgan fingerprint density at radius 3 is 1.88 bits per heavy atom. The maximum atomic E-state index is 13.1. The summed E-state index contributed by atoms with van der Waals surface area (Å²) in [5.74, 6) is 1.96. The Labute approximate surface area is 244 Å². The van der Waals surface area contributed by atoms with Crippen molar-refractivity contribution in [3.8, 4) is 0 Å². The summed E-state index contributed by atoms with van der Waals surface area (Å²) < 4.78 is 54.2. The highest BCUT2D eigenvalue weighted by Gasteiger charge is 2.51. The Kier molecular flexibility index (Phi) is 7.70. The van der Waals surface area contributed by atoms with Crippen molar-refractivity contribution in [3.63, 3.8) is 0 Å². The fourth-order valence-corrected chi connectivity index (χ4v) is 10.7. The van der Waals surface area contributed by atoms with Crippen LogP contribution in [0.3, 0.4) is 0 Å². The number of hydrogen-bond donors (Lipinski definition) is 1. The van der Waals surface area contributed by atoms with E-state index >= 15 is 0 Å². The third-order valence-corrected chi connectivity index (χ3v) is 12.9. The first kappa shape index (κ1) is 28.7. The Morgan fingerprint density at radius 2 is 1.37 bits per heavy atom. The van der Waals surface area contributed by atoms with Crippen LogP contribution >= 0.6 is 0 Å². The first-order chi connectivity index (χ1) is 19.5. The van der Waals surface area contributed by atoms with E-state index in [1.54, 1.807) is 12.1 Å². The Balaban J connectivity index is 1.13. The molecule has 0 aromatic heterocycles. The van der Waals surface area contributed by atoms with Crippen LogP contribution in [0.5, 0.6) is 0 Å². The van der Waals surface area contributed by atoms with Gasteiger partial charge in [-0.2, -0.15) is 4.31 Å². The lowest BCUT2D eigenvalue weighted by molar-refractivity contribution is -0.114. The van der Waals surface area contributed by atoms with Gasteiger partial charge in [0, 0.05) is 18.8 Å². The highest BCUT2D eigenvalue weighted by Crippen LogP contribution is 2.60. The lowest BCUT2D eigenvalue weighted by Gasteiger charge is -2.57. The van der Waals surface area contributed by atoms with Crippen molar-refractivity contribution in [2.45, 2.75) is 74.5 Å². The Bertz CT molecular complexity index is 1440. The molecule has 10 heteroatoms. The quantitative estimate of drug-likeness (QED) is 0.454. The molecule has 0 atom stereocenters. The molecule has 0 radical (unpaired) electrons. The molecule has 2 aromatic carbocycles. The first-order valence-corrected chi connectivity index (χ1v) is 18.3. The van der Waals surface area contributed by atoms with Gasteiger partial charge < -0.3 is 5.32 Å². The van der Waals surface area contributed by atoms with E-state index in [0.717, 1.165) is 54.0 Å². The van der Waals surface area contributed by atoms with Gasteiger partial charge in [0.25, 0.3) is 0 Å². The number of carbonyl (C=O) groups excluding carboxylic acids is 1. The van der Waals surface area contributed by atoms with Crippen LogP contribution < -0.4 is 9.62 Å². The molecule has 1 heterocycles. The fraction of sp³-hybridized carbons (Fsp3) is 0.581. The van der Waals surface area contributed by atoms with Crippen molar-refractivity contribution in [2.24, 2.45) is 17.8 Å². The zero-order valence-corrected chi connectivity index (χ0v) is 25.4. The minimum atomic E-state index is -3.72. The average molecular weight is 600 g/mol. The highest BCUT2D eigenvalue weighted by molar-refractivity contribution is 7.92. The number of amides is 1. The molecule has 1 amide bonds. The molecular weight excluding hydrogens is 558 g/mol. The smallest absolute Gasteiger partial charge is 0.245 e. The van der Waals surface area contributed by atoms with Crippen LogP contribution in [0.15, 0.2) is 53.4 Å². The van der Waals surface area contributed by atoms with Crippen LogP contribution in [-0.4, -0.2) is 52.9 Å². The number of rotatable bonds is 8. The van der Waals surface area contributed by atoms with E-state index in [4.69, 9.17) is 0 Å². The van der Waals surface area contributed by atoms with E-state index in [0.29, 0.717) is 24.5 Å². The van der Waals surface area contributed by atoms with Gasteiger partial charge in [0.15, 0.2) is 0 Å². The SMILES string of the molecule is CS(=O)(=O)N(CC(=O)Nc1ccc(S(=O)(=O)N2CCCCCC2)cc1)c1ccc(C23CC4CC(CC(C4)C2)C3)cc1. The van der Waals surface area contributed by atoms with Crippen LogP contribution in [0.4, 0.5) is 11.4 Å². The van der Waals surface area contributed by atoms with Crippen LogP contribution in [0.1, 0.15) is 69.8 Å². The van der Waals surface area contributed by atoms with E-state index in [2.05, 4.69) is 17.4 Å². The molecule has 0 unspecified atom stereocenters. The zero-order valence-electron chi connectivity index (χ0n) is 23.8. The summed E-state index contributed by atoms with van der Waals surface area (Å²) in [4.78, 5) is 13.2. The van der Waals surface area contributed by atoms with Crippen molar-refractivity contribution >= 4 is 37.3 Å². The lowest BCUT2D eigenvalue weighted by atomic mass is 9.48. The number of sulfonamides is 2. The van der Waals surface area contributed by atoms with Gasteiger partial charge in [-0.3, -0.25) is 9.10 Å². The third-order valence-electron chi connectivity index (χ3n) is 9.83. The minimum absolute atomic E-state index is 0.189. The predicted octanol–water partition coefficient (Wildman–Crippen LogP) is 5.12. The third kappa shape index (κ3) is 5.92. The molecule has 7 rings (SSSR count). The summed E-state index contributed by atoms with van der Waals surface area (Å²) in [6.07, 6.45) is 12.7. The topological polar surface area (TPSA) is 104 Å². The van der Waals surface area contributed by atoms with Crippen LogP contribution in [0.25, 0.3) is 0 Å². The highest BCUT2D eigenvalue weighted by atomic mass is 32.2. The minimum Gasteiger partial charge on any atom is -0.325 e. The van der Waals surface area contributed by atoms with Gasteiger partial charge in [-0.15, -0.1) is 0 Å². The molecular formula is C31H41N3O5S2. The second kappa shape index (κ2) is 11.0. The molecule has 222 valence electrons. The molecule has 5 aliphatic rings. The first-order valence-electron chi connectivity index (χ1n) is 15.0. The second-order valence-electron chi connectivity index (χ2n) is 12.9. The molecule has 1 N–H and O–H groups in total. The number of nitrogens with one attached hydrogen (secondary N) is 1. The maximum absolute atomic E-state index is 13.1. The summed E-state index contributed by atoms with van der Waals surface area (Å²) in [5, 5.41) is 2.73. The number of anilines is 2. The number of hydrogen-bond acceptors (Lipinski definition) is 5. The Morgan fingerprint density at radius 1 is 0.829 bits per heavy atom. The molecule has 2 aromatic rings. The standard InChI is InChI=1S/C31H41N3O5S2/c1-40(36,37)34(28-10-6-26(7-11-28)31-19-23-16-24(20-31)18-25(17-23)21-31)22-30(35)32-27-8-12-29(13-9-27)41(38,39)33-14-4-2-3-5-15-33/h6-13,23-25H,2-5,14-22H2,1H3,(H,32,35). The molecule has 4 saturated carbocycles. The van der Waals surface area contributed by atoms with Gasteiger partial charge in [0.05, 0.1) is 16.8 Å². The van der Waals surface area contributed by atoms with Gasteiger partial charge in [-0.1, -0.05) is 25.0 Å². The van der Waals surface area contributed by atoms with Crippen molar-refractivity contribution in [2.75, 3.05) is 35.5 Å². The number of benzene rings is 2. The number of carbonyl (C=O) groups is 1. The van der Waals surface area contributed by atoms with Crippen LogP contribution in [0, 0.1) is 17.8 Å². The molecule has 41 heavy (non-hydrogen) atoms. The predicted molar refractivity (Wildman–Crippen MR) is 161 cm³/mol. The van der Waals surface area contributed by atoms with E-state index < -0.39 is 26.0 Å².